The summed E-state index contributed by atoms with van der Waals surface area (Å²) < 4.78 is 11.3. The summed E-state index contributed by atoms with van der Waals surface area (Å²) in [5.74, 6) is 0.436. The van der Waals surface area contributed by atoms with Crippen LogP contribution in [-0.2, 0) is 9.59 Å². The summed E-state index contributed by atoms with van der Waals surface area (Å²) >= 11 is 1.59. The van der Waals surface area contributed by atoms with E-state index in [0.717, 1.165) is 16.3 Å². The normalized spacial score (nSPS) is 20.2. The minimum atomic E-state index is -0.827. The first-order chi connectivity index (χ1) is 15.1. The molecule has 2 aliphatic rings. The van der Waals surface area contributed by atoms with E-state index < -0.39 is 12.0 Å². The Balaban J connectivity index is 1.43. The van der Waals surface area contributed by atoms with Gasteiger partial charge in [0.1, 0.15) is 17.6 Å². The fourth-order valence-electron chi connectivity index (χ4n) is 3.87. The number of thiophene rings is 1. The summed E-state index contributed by atoms with van der Waals surface area (Å²) in [5, 5.41) is 8.12. The molecule has 3 aromatic rings. The van der Waals surface area contributed by atoms with Crippen molar-refractivity contribution in [3.63, 3.8) is 0 Å². The fourth-order valence-corrected chi connectivity index (χ4v) is 4.60. The lowest BCUT2D eigenvalue weighted by atomic mass is 10.1. The molecule has 2 atom stereocenters. The fraction of sp³-hybridized carbons (Fsp3) is 0.227. The number of nitrogens with zero attached hydrogens (tertiary/aromatic N) is 3. The molecule has 158 valence electrons. The van der Waals surface area contributed by atoms with Gasteiger partial charge in [0.05, 0.1) is 35.6 Å². The van der Waals surface area contributed by atoms with Crippen molar-refractivity contribution < 1.29 is 18.7 Å². The number of fused-ring (bicyclic) bond motifs is 1. The standard InChI is InChI=1S/C22H20N4O4S/c23-22(28)19-12-25(15-5-1-2-6-18(15)30-19)13-21(27)26-16(17-7-3-9-29-17)11-14(24-26)20-8-4-10-31-20/h1-10,16,19H,11-13H2,(H2,23,28). The minimum Gasteiger partial charge on any atom is -0.477 e. The molecule has 2 aliphatic heterocycles. The molecule has 8 nitrogen and oxygen atoms in total. The van der Waals surface area contributed by atoms with Crippen molar-refractivity contribution in [3.8, 4) is 5.75 Å². The van der Waals surface area contributed by atoms with Crippen LogP contribution in [0.1, 0.15) is 23.1 Å². The second-order valence-corrected chi connectivity index (χ2v) is 8.30. The van der Waals surface area contributed by atoms with Crippen molar-refractivity contribution >= 4 is 34.6 Å². The predicted molar refractivity (Wildman–Crippen MR) is 116 cm³/mol. The number of primary amides is 1. The molecule has 0 aliphatic carbocycles. The van der Waals surface area contributed by atoms with Crippen molar-refractivity contribution in [2.24, 2.45) is 10.8 Å². The van der Waals surface area contributed by atoms with Gasteiger partial charge in [-0.3, -0.25) is 9.59 Å². The van der Waals surface area contributed by atoms with Gasteiger partial charge in [-0.05, 0) is 35.7 Å². The Labute approximate surface area is 182 Å². The molecule has 2 aromatic heterocycles. The van der Waals surface area contributed by atoms with Crippen LogP contribution in [0.4, 0.5) is 5.69 Å². The molecule has 2 unspecified atom stereocenters. The number of carbonyl (C=O) groups excluding carboxylic acids is 2. The minimum absolute atomic E-state index is 0.0303. The Morgan fingerprint density at radius 1 is 1.16 bits per heavy atom. The summed E-state index contributed by atoms with van der Waals surface area (Å²) in [5.41, 5.74) is 7.07. The van der Waals surface area contributed by atoms with E-state index in [2.05, 4.69) is 5.10 Å². The predicted octanol–water partition coefficient (Wildman–Crippen LogP) is 2.77. The number of amides is 2. The molecular formula is C22H20N4O4S. The van der Waals surface area contributed by atoms with Crippen LogP contribution in [0.15, 0.2) is 69.7 Å². The van der Waals surface area contributed by atoms with Crippen molar-refractivity contribution in [1.29, 1.82) is 0 Å². The monoisotopic (exact) mass is 436 g/mol. The molecule has 1 aromatic carbocycles. The smallest absolute Gasteiger partial charge is 0.262 e. The van der Waals surface area contributed by atoms with E-state index in [4.69, 9.17) is 14.9 Å². The van der Waals surface area contributed by atoms with Crippen LogP contribution >= 0.6 is 11.3 Å². The summed E-state index contributed by atoms with van der Waals surface area (Å²) in [4.78, 5) is 28.0. The summed E-state index contributed by atoms with van der Waals surface area (Å²) in [6, 6.07) is 14.6. The van der Waals surface area contributed by atoms with Gasteiger partial charge in [0.25, 0.3) is 11.8 Å². The Bertz CT molecular complexity index is 1130. The Kier molecular flexibility index (Phi) is 4.95. The SMILES string of the molecule is NC(=O)C1CN(CC(=O)N2N=C(c3cccs3)CC2c2ccco2)c2ccccc2O1. The van der Waals surface area contributed by atoms with Gasteiger partial charge in [0, 0.05) is 6.42 Å². The number of furan rings is 1. The van der Waals surface area contributed by atoms with Gasteiger partial charge in [0.2, 0.25) is 0 Å². The molecule has 31 heavy (non-hydrogen) atoms. The van der Waals surface area contributed by atoms with E-state index in [1.807, 2.05) is 46.7 Å². The Morgan fingerprint density at radius 2 is 2.03 bits per heavy atom. The summed E-state index contributed by atoms with van der Waals surface area (Å²) in [6.07, 6.45) is 1.34. The van der Waals surface area contributed by atoms with Crippen LogP contribution in [0.5, 0.6) is 5.75 Å². The second-order valence-electron chi connectivity index (χ2n) is 7.35. The number of benzene rings is 1. The molecule has 0 bridgehead atoms. The highest BCUT2D eigenvalue weighted by atomic mass is 32.1. The van der Waals surface area contributed by atoms with E-state index in [0.29, 0.717) is 17.9 Å². The third-order valence-corrected chi connectivity index (χ3v) is 6.27. The summed E-state index contributed by atoms with van der Waals surface area (Å²) in [6.45, 7) is 0.224. The average Bonchev–Trinajstić information content (AvgIpc) is 3.54. The molecule has 0 spiro atoms. The van der Waals surface area contributed by atoms with Crippen molar-refractivity contribution in [3.05, 3.63) is 70.8 Å². The van der Waals surface area contributed by atoms with Crippen LogP contribution in [-0.4, -0.2) is 41.7 Å². The molecular weight excluding hydrogens is 416 g/mol. The van der Waals surface area contributed by atoms with Gasteiger partial charge in [0.15, 0.2) is 6.10 Å². The van der Waals surface area contributed by atoms with Crippen molar-refractivity contribution in [2.45, 2.75) is 18.6 Å². The maximum absolute atomic E-state index is 13.4. The number of ether oxygens (including phenoxy) is 1. The number of hydrogen-bond donors (Lipinski definition) is 1. The number of rotatable bonds is 5. The lowest BCUT2D eigenvalue weighted by Gasteiger charge is -2.35. The molecule has 0 saturated carbocycles. The van der Waals surface area contributed by atoms with Crippen LogP contribution < -0.4 is 15.4 Å². The van der Waals surface area contributed by atoms with Crippen molar-refractivity contribution in [1.82, 2.24) is 5.01 Å². The third-order valence-electron chi connectivity index (χ3n) is 5.35. The second kappa shape index (κ2) is 7.92. The Morgan fingerprint density at radius 3 is 2.77 bits per heavy atom. The Hall–Kier alpha value is -3.59. The molecule has 0 radical (unpaired) electrons. The number of para-hydroxylation sites is 2. The topological polar surface area (TPSA) is 101 Å². The zero-order valence-electron chi connectivity index (χ0n) is 16.5. The zero-order chi connectivity index (χ0) is 21.4. The highest BCUT2D eigenvalue weighted by molar-refractivity contribution is 7.12. The number of carbonyl (C=O) groups is 2. The van der Waals surface area contributed by atoms with Gasteiger partial charge in [-0.25, -0.2) is 5.01 Å². The average molecular weight is 436 g/mol. The van der Waals surface area contributed by atoms with E-state index in [-0.39, 0.29) is 25.0 Å². The first kappa shape index (κ1) is 19.4. The number of nitrogens with two attached hydrogens (primary N) is 1. The van der Waals surface area contributed by atoms with Crippen LogP contribution in [0.3, 0.4) is 0 Å². The number of anilines is 1. The van der Waals surface area contributed by atoms with E-state index in [1.165, 1.54) is 5.01 Å². The van der Waals surface area contributed by atoms with E-state index in [1.54, 1.807) is 29.7 Å². The third kappa shape index (κ3) is 3.68. The van der Waals surface area contributed by atoms with Gasteiger partial charge >= 0.3 is 0 Å². The molecule has 2 N–H and O–H groups in total. The highest BCUT2D eigenvalue weighted by Gasteiger charge is 2.37. The highest BCUT2D eigenvalue weighted by Crippen LogP contribution is 2.36. The van der Waals surface area contributed by atoms with Gasteiger partial charge in [-0.15, -0.1) is 11.3 Å². The maximum atomic E-state index is 13.4. The zero-order valence-corrected chi connectivity index (χ0v) is 17.3. The molecule has 0 fully saturated rings. The van der Waals surface area contributed by atoms with Crippen molar-refractivity contribution in [2.75, 3.05) is 18.0 Å². The maximum Gasteiger partial charge on any atom is 0.262 e. The van der Waals surface area contributed by atoms with E-state index in [9.17, 15) is 9.59 Å². The van der Waals surface area contributed by atoms with Gasteiger partial charge in [-0.2, -0.15) is 5.10 Å². The first-order valence-corrected chi connectivity index (χ1v) is 10.7. The van der Waals surface area contributed by atoms with Gasteiger partial charge in [-0.1, -0.05) is 18.2 Å². The lowest BCUT2D eigenvalue weighted by molar-refractivity contribution is -0.132. The quantitative estimate of drug-likeness (QED) is 0.663. The molecule has 9 heteroatoms. The van der Waals surface area contributed by atoms with E-state index >= 15 is 0 Å². The number of hydrogen-bond acceptors (Lipinski definition) is 7. The first-order valence-electron chi connectivity index (χ1n) is 9.87. The van der Waals surface area contributed by atoms with Crippen LogP contribution in [0, 0.1) is 0 Å². The van der Waals surface area contributed by atoms with Gasteiger partial charge < -0.3 is 19.8 Å². The molecule has 2 amide bonds. The van der Waals surface area contributed by atoms with Crippen LogP contribution in [0.25, 0.3) is 0 Å². The lowest BCUT2D eigenvalue weighted by Crippen LogP contribution is -2.50. The largest absolute Gasteiger partial charge is 0.477 e. The number of hydrazone groups is 1. The summed E-state index contributed by atoms with van der Waals surface area (Å²) in [7, 11) is 0. The van der Waals surface area contributed by atoms with Crippen LogP contribution in [0.2, 0.25) is 0 Å². The molecule has 5 rings (SSSR count). The molecule has 4 heterocycles. The molecule has 0 saturated heterocycles.